The first-order valence-electron chi connectivity index (χ1n) is 9.88. The van der Waals surface area contributed by atoms with Crippen LogP contribution in [-0.2, 0) is 19.4 Å². The molecule has 0 aromatic carbocycles. The second-order valence-corrected chi connectivity index (χ2v) is 9.59. The van der Waals surface area contributed by atoms with E-state index in [9.17, 15) is 9.59 Å². The fourth-order valence-corrected chi connectivity index (χ4v) is 6.17. The molecule has 1 saturated heterocycles. The van der Waals surface area contributed by atoms with E-state index in [0.29, 0.717) is 0 Å². The molecule has 0 unspecified atom stereocenters. The summed E-state index contributed by atoms with van der Waals surface area (Å²) in [6, 6.07) is 5.52. The summed E-state index contributed by atoms with van der Waals surface area (Å²) in [5.41, 5.74) is 2.12. The van der Waals surface area contributed by atoms with E-state index in [1.807, 2.05) is 26.8 Å². The van der Waals surface area contributed by atoms with Crippen molar-refractivity contribution < 1.29 is 9.69 Å². The fraction of sp³-hybridized carbons (Fsp3) is 0.450. The van der Waals surface area contributed by atoms with Gasteiger partial charge in [-0.15, -0.1) is 22.7 Å². The molecule has 6 nitrogen and oxygen atoms in total. The van der Waals surface area contributed by atoms with Crippen LogP contribution in [0.2, 0.25) is 0 Å². The van der Waals surface area contributed by atoms with Gasteiger partial charge in [-0.2, -0.15) is 0 Å². The van der Waals surface area contributed by atoms with Crippen molar-refractivity contribution in [3.63, 3.8) is 0 Å². The lowest BCUT2D eigenvalue weighted by Crippen LogP contribution is -3.13. The Labute approximate surface area is 171 Å². The van der Waals surface area contributed by atoms with Crippen LogP contribution < -0.4 is 10.5 Å². The number of carbonyl (C=O) groups excluding carboxylic acids is 1. The molecule has 0 radical (unpaired) electrons. The Bertz CT molecular complexity index is 1060. The minimum absolute atomic E-state index is 0.0605. The lowest BCUT2D eigenvalue weighted by Gasteiger charge is -2.31. The Morgan fingerprint density at radius 3 is 2.82 bits per heavy atom. The van der Waals surface area contributed by atoms with E-state index in [2.05, 4.69) is 0 Å². The molecular weight excluding hydrogens is 392 g/mol. The number of aromatic nitrogens is 2. The van der Waals surface area contributed by atoms with E-state index in [1.165, 1.54) is 33.2 Å². The first-order valence-corrected chi connectivity index (χ1v) is 11.6. The fourth-order valence-electron chi connectivity index (χ4n) is 4.25. The van der Waals surface area contributed by atoms with Crippen molar-refractivity contribution >= 4 is 33.5 Å². The van der Waals surface area contributed by atoms with Crippen LogP contribution in [0.4, 0.5) is 0 Å². The number of nitrogens with one attached hydrogen (secondary N) is 1. The van der Waals surface area contributed by atoms with E-state index in [1.54, 1.807) is 17.4 Å². The summed E-state index contributed by atoms with van der Waals surface area (Å²) in [7, 11) is 0. The van der Waals surface area contributed by atoms with Crippen LogP contribution in [0.1, 0.15) is 38.8 Å². The number of aryl methyl sites for hydroxylation is 2. The van der Waals surface area contributed by atoms with Gasteiger partial charge >= 0.3 is 0 Å². The minimum Gasteiger partial charge on any atom is -0.327 e. The Kier molecular flexibility index (Phi) is 4.78. The van der Waals surface area contributed by atoms with E-state index in [0.717, 1.165) is 67.5 Å². The van der Waals surface area contributed by atoms with Gasteiger partial charge in [0.15, 0.2) is 4.96 Å². The average Bonchev–Trinajstić information content (AvgIpc) is 3.36. The molecule has 5 rings (SSSR count). The maximum Gasteiger partial charge on any atom is 0.264 e. The van der Waals surface area contributed by atoms with E-state index < -0.39 is 0 Å². The van der Waals surface area contributed by atoms with Gasteiger partial charge in [0.2, 0.25) is 0 Å². The predicted octanol–water partition coefficient (Wildman–Crippen LogP) is 1.24. The lowest BCUT2D eigenvalue weighted by atomic mass is 10.0. The number of nitrogens with zero attached hydrogens (tertiary/aromatic N) is 3. The average molecular weight is 416 g/mol. The van der Waals surface area contributed by atoms with Crippen LogP contribution in [0.3, 0.4) is 0 Å². The van der Waals surface area contributed by atoms with Gasteiger partial charge in [-0.3, -0.25) is 14.0 Å². The van der Waals surface area contributed by atoms with E-state index >= 15 is 0 Å². The summed E-state index contributed by atoms with van der Waals surface area (Å²) in [6.45, 7) is 4.02. The van der Waals surface area contributed by atoms with Crippen LogP contribution in [0.5, 0.6) is 0 Å². The zero-order chi connectivity index (χ0) is 19.1. The van der Waals surface area contributed by atoms with E-state index in [4.69, 9.17) is 4.98 Å². The van der Waals surface area contributed by atoms with Crippen LogP contribution in [-0.4, -0.2) is 46.4 Å². The molecule has 1 aliphatic carbocycles. The highest BCUT2D eigenvalue weighted by Crippen LogP contribution is 2.28. The molecule has 0 atom stereocenters. The molecule has 1 aliphatic heterocycles. The van der Waals surface area contributed by atoms with E-state index in [-0.39, 0.29) is 11.5 Å². The van der Waals surface area contributed by atoms with Crippen molar-refractivity contribution in [2.24, 2.45) is 0 Å². The molecular formula is C20H23N4O2S2+. The molecule has 8 heteroatoms. The van der Waals surface area contributed by atoms with Crippen LogP contribution in [0.15, 0.2) is 28.4 Å². The van der Waals surface area contributed by atoms with Gasteiger partial charge in [-0.1, -0.05) is 6.07 Å². The SMILES string of the molecule is O=C(c1cccs1)N1CC[NH+](Cc2cc(=O)n3c4c(sc3n2)CCCC4)CC1. The van der Waals surface area contributed by atoms with Crippen molar-refractivity contribution in [2.45, 2.75) is 32.2 Å². The van der Waals surface area contributed by atoms with Crippen molar-refractivity contribution in [3.8, 4) is 0 Å². The Balaban J connectivity index is 1.29. The first kappa shape index (κ1) is 18.0. The second-order valence-electron chi connectivity index (χ2n) is 7.58. The summed E-state index contributed by atoms with van der Waals surface area (Å²) in [4.78, 5) is 36.3. The molecule has 0 saturated carbocycles. The number of thiophene rings is 1. The summed E-state index contributed by atoms with van der Waals surface area (Å²) in [5, 5.41) is 1.94. The smallest absolute Gasteiger partial charge is 0.264 e. The molecule has 1 amide bonds. The maximum absolute atomic E-state index is 12.7. The molecule has 28 heavy (non-hydrogen) atoms. The Hall–Kier alpha value is -2.03. The van der Waals surface area contributed by atoms with Gasteiger partial charge in [-0.25, -0.2) is 4.98 Å². The van der Waals surface area contributed by atoms with Gasteiger partial charge in [0.25, 0.3) is 11.5 Å². The quantitative estimate of drug-likeness (QED) is 0.700. The molecule has 0 bridgehead atoms. The third kappa shape index (κ3) is 3.29. The van der Waals surface area contributed by atoms with Crippen molar-refractivity contribution in [1.29, 1.82) is 0 Å². The number of piperazine rings is 1. The zero-order valence-electron chi connectivity index (χ0n) is 15.6. The maximum atomic E-state index is 12.7. The first-order chi connectivity index (χ1) is 13.7. The topological polar surface area (TPSA) is 59.1 Å². The number of quaternary nitrogens is 1. The largest absolute Gasteiger partial charge is 0.327 e. The lowest BCUT2D eigenvalue weighted by molar-refractivity contribution is -0.917. The van der Waals surface area contributed by atoms with Gasteiger partial charge in [-0.05, 0) is 37.1 Å². The van der Waals surface area contributed by atoms with Crippen LogP contribution in [0, 0.1) is 0 Å². The molecule has 3 aromatic rings. The van der Waals surface area contributed by atoms with Gasteiger partial charge in [0.05, 0.1) is 31.1 Å². The summed E-state index contributed by atoms with van der Waals surface area (Å²) < 4.78 is 1.83. The molecule has 146 valence electrons. The highest BCUT2D eigenvalue weighted by Gasteiger charge is 2.26. The second kappa shape index (κ2) is 7.42. The van der Waals surface area contributed by atoms with Gasteiger partial charge < -0.3 is 9.80 Å². The van der Waals surface area contributed by atoms with Crippen molar-refractivity contribution in [1.82, 2.24) is 14.3 Å². The normalized spacial score (nSPS) is 17.8. The van der Waals surface area contributed by atoms with Gasteiger partial charge in [0.1, 0.15) is 12.2 Å². The number of rotatable bonds is 3. The van der Waals surface area contributed by atoms with Crippen molar-refractivity contribution in [3.05, 3.63) is 55.1 Å². The highest BCUT2D eigenvalue weighted by molar-refractivity contribution is 7.17. The number of hydrogen-bond acceptors (Lipinski definition) is 5. The third-order valence-electron chi connectivity index (χ3n) is 5.74. The molecule has 2 aliphatic rings. The third-order valence-corrected chi connectivity index (χ3v) is 7.74. The van der Waals surface area contributed by atoms with Gasteiger partial charge in [0, 0.05) is 16.6 Å². The predicted molar refractivity (Wildman–Crippen MR) is 111 cm³/mol. The summed E-state index contributed by atoms with van der Waals surface area (Å²) in [5.74, 6) is 0.135. The van der Waals surface area contributed by atoms with Crippen molar-refractivity contribution in [2.75, 3.05) is 26.2 Å². The number of fused-ring (bicyclic) bond motifs is 3. The zero-order valence-corrected chi connectivity index (χ0v) is 17.3. The standard InChI is InChI=1S/C20H22N4O2S2/c25-18-12-14(21-20-24(18)15-4-1-2-5-16(15)28-20)13-22-7-9-23(10-8-22)19(26)17-6-3-11-27-17/h3,6,11-12H,1-2,4-5,7-10,13H2/p+1. The number of hydrogen-bond donors (Lipinski definition) is 1. The minimum atomic E-state index is 0.0605. The molecule has 0 spiro atoms. The Morgan fingerprint density at radius 1 is 1.21 bits per heavy atom. The summed E-state index contributed by atoms with van der Waals surface area (Å²) in [6.07, 6.45) is 4.43. The number of amides is 1. The monoisotopic (exact) mass is 415 g/mol. The Morgan fingerprint density at radius 2 is 2.04 bits per heavy atom. The van der Waals surface area contributed by atoms with Crippen LogP contribution >= 0.6 is 22.7 Å². The molecule has 1 N–H and O–H groups in total. The molecule has 3 aromatic heterocycles. The number of thiazole rings is 1. The summed E-state index contributed by atoms with van der Waals surface area (Å²) >= 11 is 3.18. The van der Waals surface area contributed by atoms with Crippen LogP contribution in [0.25, 0.3) is 4.96 Å². The molecule has 4 heterocycles. The number of carbonyl (C=O) groups is 1. The molecule has 1 fully saturated rings. The highest BCUT2D eigenvalue weighted by atomic mass is 32.1.